The Labute approximate surface area is 141 Å². The summed E-state index contributed by atoms with van der Waals surface area (Å²) < 4.78 is 30.1. The molecule has 1 fully saturated rings. The van der Waals surface area contributed by atoms with Crippen molar-refractivity contribution in [2.75, 3.05) is 24.4 Å². The van der Waals surface area contributed by atoms with Gasteiger partial charge in [-0.15, -0.1) is 0 Å². The first kappa shape index (κ1) is 18.0. The van der Waals surface area contributed by atoms with Gasteiger partial charge in [-0.25, -0.2) is 5.14 Å². The van der Waals surface area contributed by atoms with Crippen LogP contribution < -0.4 is 14.6 Å². The van der Waals surface area contributed by atoms with Crippen molar-refractivity contribution >= 4 is 21.8 Å². The van der Waals surface area contributed by atoms with Crippen molar-refractivity contribution in [1.82, 2.24) is 4.90 Å². The first-order valence-electron chi connectivity index (χ1n) is 7.58. The van der Waals surface area contributed by atoms with Gasteiger partial charge in [0.05, 0.1) is 12.3 Å². The monoisotopic (exact) mass is 352 g/mol. The molecule has 1 unspecified atom stereocenters. The molecule has 1 aliphatic heterocycles. The number of nitrogens with zero attached hydrogens (tertiary/aromatic N) is 2. The summed E-state index contributed by atoms with van der Waals surface area (Å²) in [6, 6.07) is 6.53. The molecule has 1 atom stereocenters. The van der Waals surface area contributed by atoms with E-state index in [-0.39, 0.29) is 28.8 Å². The van der Waals surface area contributed by atoms with Crippen LogP contribution in [-0.4, -0.2) is 38.9 Å². The molecule has 3 N–H and O–H groups in total. The minimum Gasteiger partial charge on any atom is -0.492 e. The van der Waals surface area contributed by atoms with Crippen LogP contribution in [0.25, 0.3) is 0 Å². The number of likely N-dealkylation sites (tertiary alicyclic amines) is 1. The largest absolute Gasteiger partial charge is 0.492 e. The molecule has 1 aliphatic rings. The Morgan fingerprint density at radius 3 is 2.92 bits per heavy atom. The maximum absolute atomic E-state index is 11.7. The van der Waals surface area contributed by atoms with Crippen LogP contribution in [0.4, 0.5) is 5.69 Å². The highest BCUT2D eigenvalue weighted by molar-refractivity contribution is 7.90. The zero-order valence-corrected chi connectivity index (χ0v) is 14.2. The van der Waals surface area contributed by atoms with E-state index in [4.69, 9.17) is 9.88 Å². The number of hydrogen-bond donors (Lipinski definition) is 2. The molecule has 9 heteroatoms. The average Bonchev–Trinajstić information content (AvgIpc) is 2.99. The lowest BCUT2D eigenvalue weighted by atomic mass is 10.1. The van der Waals surface area contributed by atoms with E-state index in [0.29, 0.717) is 26.1 Å². The summed E-state index contributed by atoms with van der Waals surface area (Å²) in [4.78, 5) is 13.5. The maximum atomic E-state index is 11.7. The molecule has 1 heterocycles. The highest BCUT2D eigenvalue weighted by Crippen LogP contribution is 2.27. The Hall–Kier alpha value is -2.31. The van der Waals surface area contributed by atoms with Crippen molar-refractivity contribution in [3.8, 4) is 11.8 Å². The predicted molar refractivity (Wildman–Crippen MR) is 88.4 cm³/mol. The van der Waals surface area contributed by atoms with E-state index in [1.54, 1.807) is 17.0 Å². The maximum Gasteiger partial charge on any atom is 0.296 e. The zero-order chi connectivity index (χ0) is 17.7. The molecule has 1 aromatic carbocycles. The number of nitriles is 1. The van der Waals surface area contributed by atoms with Gasteiger partial charge in [-0.1, -0.05) is 13.0 Å². The number of carbonyl (C=O) groups is 1. The SMILES string of the molecule is CCC(=O)N1CCC(COc2cccc(NS(N)(=O)=O)c2C#N)C1. The Bertz CT molecular complexity index is 757. The Kier molecular flexibility index (Phi) is 5.64. The number of amides is 1. The van der Waals surface area contributed by atoms with Crippen LogP contribution in [0.1, 0.15) is 25.3 Å². The molecular formula is C15H20N4O4S. The Morgan fingerprint density at radius 2 is 2.29 bits per heavy atom. The van der Waals surface area contributed by atoms with Gasteiger partial charge in [0, 0.05) is 25.4 Å². The number of benzene rings is 1. The van der Waals surface area contributed by atoms with Crippen LogP contribution >= 0.6 is 0 Å². The van der Waals surface area contributed by atoms with Gasteiger partial charge in [-0.05, 0) is 18.6 Å². The van der Waals surface area contributed by atoms with E-state index in [1.165, 1.54) is 6.07 Å². The first-order chi connectivity index (χ1) is 11.3. The number of ether oxygens (including phenoxy) is 1. The lowest BCUT2D eigenvalue weighted by molar-refractivity contribution is -0.129. The molecule has 8 nitrogen and oxygen atoms in total. The topological polar surface area (TPSA) is 126 Å². The summed E-state index contributed by atoms with van der Waals surface area (Å²) in [5.41, 5.74) is 0.151. The van der Waals surface area contributed by atoms with Crippen molar-refractivity contribution in [3.05, 3.63) is 23.8 Å². The van der Waals surface area contributed by atoms with Crippen LogP contribution in [0.2, 0.25) is 0 Å². The fraction of sp³-hybridized carbons (Fsp3) is 0.467. The van der Waals surface area contributed by atoms with Gasteiger partial charge in [0.25, 0.3) is 10.2 Å². The summed E-state index contributed by atoms with van der Waals surface area (Å²) in [5.74, 6) is 0.586. The normalized spacial score (nSPS) is 17.4. The summed E-state index contributed by atoms with van der Waals surface area (Å²) in [6.07, 6.45) is 1.32. The van der Waals surface area contributed by atoms with Crippen LogP contribution in [-0.2, 0) is 15.0 Å². The zero-order valence-electron chi connectivity index (χ0n) is 13.4. The summed E-state index contributed by atoms with van der Waals surface area (Å²) in [7, 11) is -3.98. The predicted octanol–water partition coefficient (Wildman–Crippen LogP) is 0.811. The summed E-state index contributed by atoms with van der Waals surface area (Å²) in [6.45, 7) is 3.51. The smallest absolute Gasteiger partial charge is 0.296 e. The molecule has 1 saturated heterocycles. The van der Waals surface area contributed by atoms with E-state index >= 15 is 0 Å². The van der Waals surface area contributed by atoms with E-state index in [9.17, 15) is 18.5 Å². The van der Waals surface area contributed by atoms with Crippen LogP contribution in [0.15, 0.2) is 18.2 Å². The molecule has 1 amide bonds. The van der Waals surface area contributed by atoms with Crippen LogP contribution in [0.5, 0.6) is 5.75 Å². The summed E-state index contributed by atoms with van der Waals surface area (Å²) in [5, 5.41) is 14.2. The first-order valence-corrected chi connectivity index (χ1v) is 9.13. The van der Waals surface area contributed by atoms with Crippen molar-refractivity contribution in [2.24, 2.45) is 11.1 Å². The second kappa shape index (κ2) is 7.51. The molecule has 24 heavy (non-hydrogen) atoms. The van der Waals surface area contributed by atoms with Gasteiger partial charge in [0.15, 0.2) is 0 Å². The molecule has 0 bridgehead atoms. The molecular weight excluding hydrogens is 332 g/mol. The molecule has 0 saturated carbocycles. The third kappa shape index (κ3) is 4.59. The molecule has 2 rings (SSSR count). The fourth-order valence-corrected chi connectivity index (χ4v) is 3.11. The minimum absolute atomic E-state index is 0.0750. The van der Waals surface area contributed by atoms with E-state index in [2.05, 4.69) is 4.72 Å². The van der Waals surface area contributed by atoms with Gasteiger partial charge in [0.1, 0.15) is 17.4 Å². The van der Waals surface area contributed by atoms with Gasteiger partial charge < -0.3 is 9.64 Å². The highest BCUT2D eigenvalue weighted by Gasteiger charge is 2.26. The molecule has 0 radical (unpaired) electrons. The number of hydrogen-bond acceptors (Lipinski definition) is 5. The fourth-order valence-electron chi connectivity index (χ4n) is 2.63. The van der Waals surface area contributed by atoms with Crippen molar-refractivity contribution < 1.29 is 17.9 Å². The lowest BCUT2D eigenvalue weighted by Crippen LogP contribution is -2.28. The number of anilines is 1. The second-order valence-electron chi connectivity index (χ2n) is 5.60. The molecule has 1 aromatic rings. The van der Waals surface area contributed by atoms with Crippen LogP contribution in [0.3, 0.4) is 0 Å². The second-order valence-corrected chi connectivity index (χ2v) is 6.89. The third-order valence-corrected chi connectivity index (χ3v) is 4.31. The quantitative estimate of drug-likeness (QED) is 0.783. The summed E-state index contributed by atoms with van der Waals surface area (Å²) >= 11 is 0. The van der Waals surface area contributed by atoms with Gasteiger partial charge in [0.2, 0.25) is 5.91 Å². The molecule has 0 aliphatic carbocycles. The van der Waals surface area contributed by atoms with E-state index < -0.39 is 10.2 Å². The third-order valence-electron chi connectivity index (χ3n) is 3.81. The van der Waals surface area contributed by atoms with Crippen molar-refractivity contribution in [3.63, 3.8) is 0 Å². The molecule has 130 valence electrons. The Balaban J connectivity index is 2.05. The highest BCUT2D eigenvalue weighted by atomic mass is 32.2. The standard InChI is InChI=1S/C15H20N4O4S/c1-2-15(20)19-7-6-11(9-19)10-23-14-5-3-4-13(12(14)8-16)18-24(17,21)22/h3-5,11,18H,2,6-7,9-10H2,1H3,(H2,17,21,22). The van der Waals surface area contributed by atoms with E-state index in [1.807, 2.05) is 13.0 Å². The number of carbonyl (C=O) groups excluding carboxylic acids is 1. The van der Waals surface area contributed by atoms with Crippen molar-refractivity contribution in [1.29, 1.82) is 5.26 Å². The van der Waals surface area contributed by atoms with Gasteiger partial charge in [-0.3, -0.25) is 9.52 Å². The number of nitrogens with two attached hydrogens (primary N) is 1. The van der Waals surface area contributed by atoms with E-state index in [0.717, 1.165) is 6.42 Å². The minimum atomic E-state index is -3.98. The van der Waals surface area contributed by atoms with Crippen LogP contribution in [0, 0.1) is 17.2 Å². The average molecular weight is 352 g/mol. The number of rotatable bonds is 6. The van der Waals surface area contributed by atoms with Crippen molar-refractivity contribution in [2.45, 2.75) is 19.8 Å². The molecule has 0 spiro atoms. The lowest BCUT2D eigenvalue weighted by Gasteiger charge is -2.16. The van der Waals surface area contributed by atoms with Gasteiger partial charge in [-0.2, -0.15) is 13.7 Å². The molecule has 0 aromatic heterocycles. The van der Waals surface area contributed by atoms with Gasteiger partial charge >= 0.3 is 0 Å². The number of nitrogens with one attached hydrogen (secondary N) is 1. The Morgan fingerprint density at radius 1 is 1.54 bits per heavy atom.